The Bertz CT molecular complexity index is 1400. The molecule has 36 heavy (non-hydrogen) atoms. The highest BCUT2D eigenvalue weighted by atomic mass is 32.1. The molecule has 0 saturated carbocycles. The molecule has 4 N–H and O–H groups in total. The Morgan fingerprint density at radius 3 is 2.81 bits per heavy atom. The molecule has 2 amide bonds. The van der Waals surface area contributed by atoms with Crippen LogP contribution in [0.5, 0.6) is 0 Å². The number of carbonyl (C=O) groups is 2. The Labute approximate surface area is 212 Å². The minimum atomic E-state index is -0.324. The number of aromatic nitrogens is 4. The Morgan fingerprint density at radius 1 is 1.25 bits per heavy atom. The molecule has 1 aliphatic heterocycles. The van der Waals surface area contributed by atoms with Crippen molar-refractivity contribution in [1.29, 1.82) is 0 Å². The molecule has 5 heterocycles. The first-order valence-corrected chi connectivity index (χ1v) is 12.8. The van der Waals surface area contributed by atoms with Gasteiger partial charge in [0.05, 0.1) is 28.0 Å². The minimum absolute atomic E-state index is 0.0772. The molecular weight excluding hydrogens is 476 g/mol. The summed E-state index contributed by atoms with van der Waals surface area (Å²) in [4.78, 5) is 38.1. The fourth-order valence-corrected chi connectivity index (χ4v) is 4.81. The second kappa shape index (κ2) is 10.0. The van der Waals surface area contributed by atoms with Crippen LogP contribution in [-0.2, 0) is 4.79 Å². The summed E-state index contributed by atoms with van der Waals surface area (Å²) in [5.41, 5.74) is 9.17. The third kappa shape index (κ3) is 4.54. The number of nitrogens with two attached hydrogens (primary N) is 1. The van der Waals surface area contributed by atoms with Gasteiger partial charge in [-0.15, -0.1) is 11.3 Å². The van der Waals surface area contributed by atoms with Crippen LogP contribution in [0.25, 0.3) is 27.5 Å². The topological polar surface area (TPSA) is 131 Å². The van der Waals surface area contributed by atoms with Gasteiger partial charge in [-0.1, -0.05) is 13.0 Å². The lowest BCUT2D eigenvalue weighted by molar-refractivity contribution is -0.123. The minimum Gasteiger partial charge on any atom is -0.357 e. The molecule has 0 spiro atoms. The van der Waals surface area contributed by atoms with E-state index in [1.807, 2.05) is 41.6 Å². The maximum atomic E-state index is 13.1. The van der Waals surface area contributed by atoms with E-state index in [4.69, 9.17) is 15.7 Å². The van der Waals surface area contributed by atoms with Crippen molar-refractivity contribution in [3.63, 3.8) is 0 Å². The fraction of sp³-hybridized carbons (Fsp3) is 0.320. The SMILES string of the molecule is CCC(N)CNC(=O)c1cc(-c2cnn3ccc(-c4cccs4)nc23)nc(N2CC[C@H]2C(=O)NC)c1. The van der Waals surface area contributed by atoms with Crippen molar-refractivity contribution in [2.24, 2.45) is 5.73 Å². The quantitative estimate of drug-likeness (QED) is 0.336. The Hall–Kier alpha value is -3.83. The van der Waals surface area contributed by atoms with Crippen LogP contribution in [0.2, 0.25) is 0 Å². The van der Waals surface area contributed by atoms with Gasteiger partial charge in [0.25, 0.3) is 5.91 Å². The highest BCUT2D eigenvalue weighted by Crippen LogP contribution is 2.31. The van der Waals surface area contributed by atoms with Crippen LogP contribution in [0.1, 0.15) is 30.1 Å². The molecule has 0 aliphatic carbocycles. The van der Waals surface area contributed by atoms with E-state index in [0.717, 1.165) is 23.4 Å². The summed E-state index contributed by atoms with van der Waals surface area (Å²) < 4.78 is 1.69. The number of thiophene rings is 1. The van der Waals surface area contributed by atoms with Gasteiger partial charge >= 0.3 is 0 Å². The van der Waals surface area contributed by atoms with Crippen molar-refractivity contribution in [1.82, 2.24) is 30.2 Å². The molecular formula is C25H28N8O2S. The number of nitrogens with one attached hydrogen (secondary N) is 2. The van der Waals surface area contributed by atoms with Crippen LogP contribution in [0.3, 0.4) is 0 Å². The van der Waals surface area contributed by atoms with Crippen LogP contribution in [0.15, 0.2) is 48.1 Å². The van der Waals surface area contributed by atoms with E-state index >= 15 is 0 Å². The summed E-state index contributed by atoms with van der Waals surface area (Å²) in [6, 6.07) is 8.94. The van der Waals surface area contributed by atoms with E-state index in [0.29, 0.717) is 41.4 Å². The lowest BCUT2D eigenvalue weighted by atomic mass is 10.0. The van der Waals surface area contributed by atoms with Crippen molar-refractivity contribution >= 4 is 34.6 Å². The zero-order chi connectivity index (χ0) is 25.2. The molecule has 5 rings (SSSR count). The molecule has 11 heteroatoms. The highest BCUT2D eigenvalue weighted by Gasteiger charge is 2.35. The van der Waals surface area contributed by atoms with E-state index in [9.17, 15) is 9.59 Å². The predicted molar refractivity (Wildman–Crippen MR) is 140 cm³/mol. The smallest absolute Gasteiger partial charge is 0.251 e. The standard InChI is InChI=1S/C25H28N8O2S/c1-3-16(26)13-28-24(34)15-11-19(30-22(12-15)32-8-7-20(32)25(35)27-2)17-14-29-33-9-6-18(31-23(17)33)21-5-4-10-36-21/h4-6,9-12,14,16,20H,3,7-8,13,26H2,1-2H3,(H,27,35)(H,28,34)/t16?,20-/m0/s1. The predicted octanol–water partition coefficient (Wildman–Crippen LogP) is 2.31. The number of hydrogen-bond donors (Lipinski definition) is 3. The number of rotatable bonds is 8. The van der Waals surface area contributed by atoms with Crippen molar-refractivity contribution < 1.29 is 9.59 Å². The highest BCUT2D eigenvalue weighted by molar-refractivity contribution is 7.13. The van der Waals surface area contributed by atoms with Gasteiger partial charge in [-0.2, -0.15) is 5.10 Å². The zero-order valence-electron chi connectivity index (χ0n) is 20.1. The Balaban J connectivity index is 1.57. The van der Waals surface area contributed by atoms with Crippen LogP contribution in [-0.4, -0.2) is 63.6 Å². The fourth-order valence-electron chi connectivity index (χ4n) is 4.11. The first-order chi connectivity index (χ1) is 17.5. The van der Waals surface area contributed by atoms with Crippen molar-refractivity contribution in [2.45, 2.75) is 31.8 Å². The second-order valence-electron chi connectivity index (χ2n) is 8.71. The molecule has 0 radical (unpaired) electrons. The number of pyridine rings is 1. The normalized spacial score (nSPS) is 16.0. The van der Waals surface area contributed by atoms with Crippen LogP contribution in [0.4, 0.5) is 5.82 Å². The molecule has 1 fully saturated rings. The first-order valence-electron chi connectivity index (χ1n) is 11.9. The maximum Gasteiger partial charge on any atom is 0.251 e. The molecule has 1 unspecified atom stereocenters. The van der Waals surface area contributed by atoms with Crippen molar-refractivity contribution in [3.05, 3.63) is 53.7 Å². The van der Waals surface area contributed by atoms with E-state index < -0.39 is 0 Å². The Morgan fingerprint density at radius 2 is 2.11 bits per heavy atom. The van der Waals surface area contributed by atoms with Crippen molar-refractivity contribution in [3.8, 4) is 21.8 Å². The van der Waals surface area contributed by atoms with Gasteiger partial charge in [-0.25, -0.2) is 14.5 Å². The molecule has 1 aliphatic rings. The Kier molecular flexibility index (Phi) is 6.66. The maximum absolute atomic E-state index is 13.1. The van der Waals surface area contributed by atoms with Crippen LogP contribution >= 0.6 is 11.3 Å². The van der Waals surface area contributed by atoms with Gasteiger partial charge in [0.15, 0.2) is 5.65 Å². The number of amides is 2. The van der Waals surface area contributed by atoms with Gasteiger partial charge in [0.2, 0.25) is 5.91 Å². The summed E-state index contributed by atoms with van der Waals surface area (Å²) in [7, 11) is 1.62. The molecule has 186 valence electrons. The lowest BCUT2D eigenvalue weighted by Gasteiger charge is -2.40. The molecule has 1 saturated heterocycles. The van der Waals surface area contributed by atoms with Crippen LogP contribution in [0, 0.1) is 0 Å². The van der Waals surface area contributed by atoms with Gasteiger partial charge in [-0.3, -0.25) is 9.59 Å². The summed E-state index contributed by atoms with van der Waals surface area (Å²) >= 11 is 1.61. The van der Waals surface area contributed by atoms with E-state index in [1.54, 1.807) is 41.2 Å². The summed E-state index contributed by atoms with van der Waals surface area (Å²) in [6.45, 7) is 3.02. The number of fused-ring (bicyclic) bond motifs is 1. The van der Waals surface area contributed by atoms with Crippen molar-refractivity contribution in [2.75, 3.05) is 25.0 Å². The second-order valence-corrected chi connectivity index (χ2v) is 9.65. The number of likely N-dealkylation sites (N-methyl/N-ethyl adjacent to an activating group) is 1. The number of hydrogen-bond acceptors (Lipinski definition) is 8. The van der Waals surface area contributed by atoms with E-state index in [1.165, 1.54) is 0 Å². The van der Waals surface area contributed by atoms with Gasteiger partial charge in [0.1, 0.15) is 11.9 Å². The van der Waals surface area contributed by atoms with Crippen LogP contribution < -0.4 is 21.3 Å². The van der Waals surface area contributed by atoms with E-state index in [-0.39, 0.29) is 23.9 Å². The summed E-state index contributed by atoms with van der Waals surface area (Å²) in [5, 5.41) is 12.1. The number of carbonyl (C=O) groups excluding carboxylic acids is 2. The first kappa shape index (κ1) is 23.9. The molecule has 0 aromatic carbocycles. The molecule has 10 nitrogen and oxygen atoms in total. The number of nitrogens with zero attached hydrogens (tertiary/aromatic N) is 5. The average Bonchev–Trinajstić information content (AvgIpc) is 3.56. The van der Waals surface area contributed by atoms with Gasteiger partial charge in [-0.05, 0) is 42.5 Å². The number of anilines is 1. The molecule has 4 aromatic rings. The molecule has 0 bridgehead atoms. The van der Waals surface area contributed by atoms with Gasteiger partial charge < -0.3 is 21.3 Å². The third-order valence-electron chi connectivity index (χ3n) is 6.40. The largest absolute Gasteiger partial charge is 0.357 e. The zero-order valence-corrected chi connectivity index (χ0v) is 21.0. The summed E-state index contributed by atoms with van der Waals surface area (Å²) in [6.07, 6.45) is 5.05. The molecule has 2 atom stereocenters. The van der Waals surface area contributed by atoms with E-state index in [2.05, 4.69) is 15.7 Å². The monoisotopic (exact) mass is 504 g/mol. The van der Waals surface area contributed by atoms with Gasteiger partial charge in [0, 0.05) is 37.9 Å². The average molecular weight is 505 g/mol. The summed E-state index contributed by atoms with van der Waals surface area (Å²) in [5.74, 6) is 0.238. The third-order valence-corrected chi connectivity index (χ3v) is 7.30. The lowest BCUT2D eigenvalue weighted by Crippen LogP contribution is -2.56. The molecule has 4 aromatic heterocycles.